The van der Waals surface area contributed by atoms with Crippen LogP contribution in [0.4, 0.5) is 4.39 Å². The van der Waals surface area contributed by atoms with E-state index in [4.69, 9.17) is 9.88 Å². The molecule has 0 bridgehead atoms. The molecule has 2 amide bonds. The molecule has 2 aromatic carbocycles. The lowest BCUT2D eigenvalue weighted by atomic mass is 10.0. The highest BCUT2D eigenvalue weighted by molar-refractivity contribution is 7.89. The van der Waals surface area contributed by atoms with Gasteiger partial charge in [0.2, 0.25) is 15.9 Å². The van der Waals surface area contributed by atoms with E-state index < -0.39 is 27.9 Å². The van der Waals surface area contributed by atoms with Crippen LogP contribution in [0.3, 0.4) is 0 Å². The van der Waals surface area contributed by atoms with Gasteiger partial charge in [-0.05, 0) is 55.3 Å². The number of carbonyl (C=O) groups is 2. The Morgan fingerprint density at radius 1 is 1.24 bits per heavy atom. The molecule has 1 aliphatic rings. The van der Waals surface area contributed by atoms with Crippen LogP contribution in [-0.4, -0.2) is 81.2 Å². The van der Waals surface area contributed by atoms with Crippen LogP contribution < -0.4 is 9.88 Å². The average molecular weight is 533 g/mol. The summed E-state index contributed by atoms with van der Waals surface area (Å²) >= 11 is 0. The van der Waals surface area contributed by atoms with Gasteiger partial charge in [0.05, 0.1) is 10.5 Å². The maximum absolute atomic E-state index is 14.5. The third kappa shape index (κ3) is 6.73. The summed E-state index contributed by atoms with van der Waals surface area (Å²) < 4.78 is 44.7. The highest BCUT2D eigenvalue weighted by Crippen LogP contribution is 2.30. The van der Waals surface area contributed by atoms with Gasteiger partial charge in [0.1, 0.15) is 17.7 Å². The summed E-state index contributed by atoms with van der Waals surface area (Å²) in [7, 11) is -0.988. The molecule has 9 nitrogen and oxygen atoms in total. The van der Waals surface area contributed by atoms with Crippen LogP contribution in [0.1, 0.15) is 34.5 Å². The normalized spacial score (nSPS) is 17.2. The first-order valence-corrected chi connectivity index (χ1v) is 13.3. The summed E-state index contributed by atoms with van der Waals surface area (Å²) in [5.74, 6) is -0.859. The van der Waals surface area contributed by atoms with Gasteiger partial charge in [-0.15, -0.1) is 0 Å². The van der Waals surface area contributed by atoms with Crippen LogP contribution >= 0.6 is 0 Å². The molecule has 0 spiro atoms. The Morgan fingerprint density at radius 2 is 1.95 bits per heavy atom. The number of nitrogens with zero attached hydrogens (tertiary/aromatic N) is 3. The first-order chi connectivity index (χ1) is 17.3. The van der Waals surface area contributed by atoms with Crippen molar-refractivity contribution in [3.8, 4) is 5.75 Å². The summed E-state index contributed by atoms with van der Waals surface area (Å²) in [6.45, 7) is 9.11. The third-order valence-electron chi connectivity index (χ3n) is 6.35. The molecule has 0 unspecified atom stereocenters. The van der Waals surface area contributed by atoms with Crippen LogP contribution in [0.25, 0.3) is 0 Å². The summed E-state index contributed by atoms with van der Waals surface area (Å²) in [6, 6.07) is 8.57. The van der Waals surface area contributed by atoms with Crippen molar-refractivity contribution in [1.29, 1.82) is 0 Å². The number of carbonyl (C=O) groups excluding carboxylic acids is 2. The number of rotatable bonds is 8. The zero-order valence-electron chi connectivity index (χ0n) is 21.5. The van der Waals surface area contributed by atoms with Gasteiger partial charge >= 0.3 is 0 Å². The van der Waals surface area contributed by atoms with E-state index in [2.05, 4.69) is 11.5 Å². The fourth-order valence-electron chi connectivity index (χ4n) is 4.25. The molecule has 2 N–H and O–H groups in total. The lowest BCUT2D eigenvalue weighted by Gasteiger charge is -2.40. The third-order valence-corrected chi connectivity index (χ3v) is 7.26. The molecule has 0 aliphatic carbocycles. The molecular formula is C26H33FN4O5S. The monoisotopic (exact) mass is 532 g/mol. The predicted octanol–water partition coefficient (Wildman–Crippen LogP) is 2.32. The van der Waals surface area contributed by atoms with Gasteiger partial charge in [0, 0.05) is 46.3 Å². The van der Waals surface area contributed by atoms with Crippen molar-refractivity contribution in [2.45, 2.75) is 30.9 Å². The fraction of sp³-hybridized carbons (Fsp3) is 0.385. The van der Waals surface area contributed by atoms with Crippen LogP contribution in [0.15, 0.2) is 53.9 Å². The van der Waals surface area contributed by atoms with Gasteiger partial charge < -0.3 is 14.5 Å². The van der Waals surface area contributed by atoms with E-state index >= 15 is 0 Å². The number of benzene rings is 2. The number of amides is 2. The van der Waals surface area contributed by atoms with Gasteiger partial charge in [0.25, 0.3) is 5.91 Å². The van der Waals surface area contributed by atoms with Crippen molar-refractivity contribution in [2.75, 3.05) is 40.3 Å². The zero-order valence-corrected chi connectivity index (χ0v) is 22.3. The lowest BCUT2D eigenvalue weighted by Crippen LogP contribution is -2.54. The van der Waals surface area contributed by atoms with E-state index in [1.807, 2.05) is 6.92 Å². The number of aryl methyl sites for hydroxylation is 1. The molecular weight excluding hydrogens is 499 g/mol. The van der Waals surface area contributed by atoms with Gasteiger partial charge in [0.15, 0.2) is 0 Å². The standard InChI is InChI=1S/C26H33FN4O5S/c1-6-25(32)31-12-11-30(15-18(31)3)16-24(19-8-7-17(2)22(27)13-19)36-23-10-9-20(37(28,34)35)14-21(23)26(33)29(4)5/h6-10,13-14,18,24H,1,11-12,15-16H2,2-5H3,(H2,28,34,35)/t18-,24-/m1/s1. The lowest BCUT2D eigenvalue weighted by molar-refractivity contribution is -0.130. The van der Waals surface area contributed by atoms with E-state index in [9.17, 15) is 22.4 Å². The SMILES string of the molecule is C=CC(=O)N1CCN(C[C@@H](Oc2ccc(S(N)(=O)=O)cc2C(=O)N(C)C)c2ccc(C)c(F)c2)C[C@H]1C. The van der Waals surface area contributed by atoms with E-state index in [1.54, 1.807) is 24.0 Å². The minimum absolute atomic E-state index is 0.0175. The number of nitrogens with two attached hydrogens (primary N) is 1. The quantitative estimate of drug-likeness (QED) is 0.522. The van der Waals surface area contributed by atoms with E-state index in [0.717, 1.165) is 0 Å². The summed E-state index contributed by atoms with van der Waals surface area (Å²) in [5, 5.41) is 5.28. The van der Waals surface area contributed by atoms with Crippen molar-refractivity contribution < 1.29 is 27.1 Å². The summed E-state index contributed by atoms with van der Waals surface area (Å²) in [6.07, 6.45) is 0.597. The van der Waals surface area contributed by atoms with E-state index in [0.29, 0.717) is 37.3 Å². The molecule has 200 valence electrons. The van der Waals surface area contributed by atoms with Crippen LogP contribution in [0.2, 0.25) is 0 Å². The van der Waals surface area contributed by atoms with Gasteiger partial charge in [-0.3, -0.25) is 14.5 Å². The Bertz CT molecular complexity index is 1300. The Balaban J connectivity index is 1.98. The molecule has 11 heteroatoms. The van der Waals surface area contributed by atoms with Crippen molar-refractivity contribution in [3.63, 3.8) is 0 Å². The molecule has 1 heterocycles. The Labute approximate surface area is 217 Å². The molecule has 2 aromatic rings. The van der Waals surface area contributed by atoms with Gasteiger partial charge in [-0.25, -0.2) is 17.9 Å². The van der Waals surface area contributed by atoms with Gasteiger partial charge in [-0.2, -0.15) is 0 Å². The zero-order chi connectivity index (χ0) is 27.5. The Hall–Kier alpha value is -3.28. The molecule has 1 aliphatic heterocycles. The maximum atomic E-state index is 14.5. The van der Waals surface area contributed by atoms with Crippen LogP contribution in [-0.2, 0) is 14.8 Å². The number of primary sulfonamides is 1. The largest absolute Gasteiger partial charge is 0.484 e. The van der Waals surface area contributed by atoms with Crippen molar-refractivity contribution in [1.82, 2.24) is 14.7 Å². The van der Waals surface area contributed by atoms with Crippen molar-refractivity contribution in [3.05, 3.63) is 71.6 Å². The number of ether oxygens (including phenoxy) is 1. The molecule has 1 saturated heterocycles. The predicted molar refractivity (Wildman–Crippen MR) is 138 cm³/mol. The van der Waals surface area contributed by atoms with E-state index in [1.165, 1.54) is 49.3 Å². The molecule has 2 atom stereocenters. The van der Waals surface area contributed by atoms with Crippen molar-refractivity contribution >= 4 is 21.8 Å². The molecule has 0 saturated carbocycles. The second kappa shape index (κ2) is 11.4. The first-order valence-electron chi connectivity index (χ1n) is 11.8. The highest BCUT2D eigenvalue weighted by atomic mass is 32.2. The fourth-order valence-corrected chi connectivity index (χ4v) is 4.79. The van der Waals surface area contributed by atoms with Crippen LogP contribution in [0, 0.1) is 12.7 Å². The first kappa shape index (κ1) is 28.3. The topological polar surface area (TPSA) is 113 Å². The molecule has 3 rings (SSSR count). The Kier molecular flexibility index (Phi) is 8.72. The minimum Gasteiger partial charge on any atom is -0.484 e. The number of piperazine rings is 1. The minimum atomic E-state index is -4.06. The summed E-state index contributed by atoms with van der Waals surface area (Å²) in [5.41, 5.74) is 1.05. The van der Waals surface area contributed by atoms with Crippen LogP contribution in [0.5, 0.6) is 5.75 Å². The van der Waals surface area contributed by atoms with Crippen molar-refractivity contribution in [2.24, 2.45) is 5.14 Å². The molecule has 37 heavy (non-hydrogen) atoms. The smallest absolute Gasteiger partial charge is 0.257 e. The van der Waals surface area contributed by atoms with Gasteiger partial charge in [-0.1, -0.05) is 18.7 Å². The second-order valence-corrected chi connectivity index (χ2v) is 10.9. The number of halogens is 1. The number of hydrogen-bond donors (Lipinski definition) is 1. The molecule has 0 radical (unpaired) electrons. The number of hydrogen-bond acceptors (Lipinski definition) is 6. The Morgan fingerprint density at radius 3 is 2.51 bits per heavy atom. The van der Waals surface area contributed by atoms with E-state index in [-0.39, 0.29) is 28.2 Å². The molecule has 1 fully saturated rings. The second-order valence-electron chi connectivity index (χ2n) is 9.36. The average Bonchev–Trinajstić information content (AvgIpc) is 2.84. The molecule has 0 aromatic heterocycles. The maximum Gasteiger partial charge on any atom is 0.257 e. The summed E-state index contributed by atoms with van der Waals surface area (Å²) in [4.78, 5) is 30.0. The highest BCUT2D eigenvalue weighted by Gasteiger charge is 2.30. The number of sulfonamides is 1.